The number of benzene rings is 1. The van der Waals surface area contributed by atoms with Crippen LogP contribution in [-0.4, -0.2) is 11.6 Å². The van der Waals surface area contributed by atoms with Crippen LogP contribution in [0.1, 0.15) is 17.0 Å². The molecule has 0 bridgehead atoms. The quantitative estimate of drug-likeness (QED) is 0.807. The number of rotatable bonds is 6. The van der Waals surface area contributed by atoms with Crippen LogP contribution in [0, 0.1) is 13.8 Å². The van der Waals surface area contributed by atoms with Gasteiger partial charge in [-0.1, -0.05) is 24.8 Å². The monoisotopic (exact) mass is 268 g/mol. The van der Waals surface area contributed by atoms with Crippen molar-refractivity contribution >= 4 is 5.69 Å². The molecule has 2 aromatic rings. The summed E-state index contributed by atoms with van der Waals surface area (Å²) in [6.45, 7) is 8.95. The number of aromatic nitrogens is 1. The van der Waals surface area contributed by atoms with Crippen molar-refractivity contribution in [3.8, 4) is 5.75 Å². The fraction of sp³-hybridized carbons (Fsp3) is 0.235. The normalized spacial score (nSPS) is 10.1. The van der Waals surface area contributed by atoms with Crippen LogP contribution in [0.3, 0.4) is 0 Å². The predicted octanol–water partition coefficient (Wildman–Crippen LogP) is 3.88. The van der Waals surface area contributed by atoms with Crippen molar-refractivity contribution in [1.82, 2.24) is 4.98 Å². The van der Waals surface area contributed by atoms with Gasteiger partial charge < -0.3 is 10.1 Å². The molecule has 0 saturated heterocycles. The van der Waals surface area contributed by atoms with Gasteiger partial charge in [0, 0.05) is 12.2 Å². The molecule has 1 aromatic heterocycles. The number of nitrogens with zero attached hydrogens (tertiary/aromatic N) is 1. The van der Waals surface area contributed by atoms with Crippen molar-refractivity contribution in [3.05, 3.63) is 66.0 Å². The maximum absolute atomic E-state index is 5.46. The average Bonchev–Trinajstić information content (AvgIpc) is 2.45. The Labute approximate surface area is 120 Å². The van der Waals surface area contributed by atoms with Gasteiger partial charge in [0.2, 0.25) is 0 Å². The van der Waals surface area contributed by atoms with Gasteiger partial charge in [0.1, 0.15) is 12.4 Å². The molecule has 1 heterocycles. The molecular formula is C17H20N2O. The van der Waals surface area contributed by atoms with E-state index in [0.717, 1.165) is 29.4 Å². The maximum atomic E-state index is 5.46. The molecule has 1 N–H and O–H groups in total. The van der Waals surface area contributed by atoms with Crippen LogP contribution >= 0.6 is 0 Å². The molecule has 0 spiro atoms. The molecular weight excluding hydrogens is 248 g/mol. The van der Waals surface area contributed by atoms with Crippen LogP contribution < -0.4 is 10.1 Å². The van der Waals surface area contributed by atoms with E-state index >= 15 is 0 Å². The number of hydrogen-bond donors (Lipinski definition) is 1. The molecule has 104 valence electrons. The van der Waals surface area contributed by atoms with Crippen LogP contribution in [0.4, 0.5) is 5.69 Å². The summed E-state index contributed by atoms with van der Waals surface area (Å²) in [5.74, 6) is 0.863. The SMILES string of the molecule is C=CCOc1ccc(CNc2ccc(C)nc2C)cc1. The second kappa shape index (κ2) is 6.75. The Morgan fingerprint density at radius 2 is 1.90 bits per heavy atom. The minimum absolute atomic E-state index is 0.534. The minimum atomic E-state index is 0.534. The molecule has 0 aliphatic heterocycles. The molecule has 0 unspecified atom stereocenters. The summed E-state index contributed by atoms with van der Waals surface area (Å²) in [4.78, 5) is 4.44. The van der Waals surface area contributed by atoms with Gasteiger partial charge in [-0.05, 0) is 43.7 Å². The van der Waals surface area contributed by atoms with Gasteiger partial charge in [-0.3, -0.25) is 4.98 Å². The average molecular weight is 268 g/mol. The molecule has 0 fully saturated rings. The molecule has 2 rings (SSSR count). The number of ether oxygens (including phenoxy) is 1. The van der Waals surface area contributed by atoms with Gasteiger partial charge in [-0.15, -0.1) is 0 Å². The van der Waals surface area contributed by atoms with Crippen LogP contribution in [-0.2, 0) is 6.54 Å². The lowest BCUT2D eigenvalue weighted by Crippen LogP contribution is -2.02. The van der Waals surface area contributed by atoms with E-state index in [1.807, 2.05) is 32.0 Å². The molecule has 0 saturated carbocycles. The highest BCUT2D eigenvalue weighted by atomic mass is 16.5. The van der Waals surface area contributed by atoms with Gasteiger partial charge in [0.15, 0.2) is 0 Å². The van der Waals surface area contributed by atoms with Crippen molar-refractivity contribution < 1.29 is 4.74 Å². The summed E-state index contributed by atoms with van der Waals surface area (Å²) >= 11 is 0. The molecule has 1 aromatic carbocycles. The lowest BCUT2D eigenvalue weighted by Gasteiger charge is -2.10. The van der Waals surface area contributed by atoms with E-state index in [4.69, 9.17) is 4.74 Å². The zero-order valence-corrected chi connectivity index (χ0v) is 12.0. The van der Waals surface area contributed by atoms with Gasteiger partial charge in [0.05, 0.1) is 11.4 Å². The third kappa shape index (κ3) is 3.85. The van der Waals surface area contributed by atoms with Crippen LogP contribution in [0.15, 0.2) is 49.1 Å². The first-order valence-corrected chi connectivity index (χ1v) is 6.70. The Morgan fingerprint density at radius 3 is 2.55 bits per heavy atom. The first kappa shape index (κ1) is 14.1. The summed E-state index contributed by atoms with van der Waals surface area (Å²) in [6, 6.07) is 12.1. The number of aryl methyl sites for hydroxylation is 2. The fourth-order valence-electron chi connectivity index (χ4n) is 1.93. The fourth-order valence-corrected chi connectivity index (χ4v) is 1.93. The number of pyridine rings is 1. The van der Waals surface area contributed by atoms with E-state index in [2.05, 4.69) is 35.1 Å². The molecule has 0 aliphatic rings. The van der Waals surface area contributed by atoms with Crippen molar-refractivity contribution in [3.63, 3.8) is 0 Å². The lowest BCUT2D eigenvalue weighted by atomic mass is 10.2. The third-order valence-electron chi connectivity index (χ3n) is 3.00. The summed E-state index contributed by atoms with van der Waals surface area (Å²) in [5.41, 5.74) is 4.34. The first-order valence-electron chi connectivity index (χ1n) is 6.70. The molecule has 0 amide bonds. The second-order valence-electron chi connectivity index (χ2n) is 4.68. The van der Waals surface area contributed by atoms with E-state index in [-0.39, 0.29) is 0 Å². The summed E-state index contributed by atoms with van der Waals surface area (Å²) in [6.07, 6.45) is 1.74. The van der Waals surface area contributed by atoms with Gasteiger partial charge >= 0.3 is 0 Å². The third-order valence-corrected chi connectivity index (χ3v) is 3.00. The highest BCUT2D eigenvalue weighted by molar-refractivity contribution is 5.48. The van der Waals surface area contributed by atoms with E-state index < -0.39 is 0 Å². The van der Waals surface area contributed by atoms with Crippen molar-refractivity contribution in [2.24, 2.45) is 0 Å². The van der Waals surface area contributed by atoms with E-state index in [1.165, 1.54) is 5.56 Å². The van der Waals surface area contributed by atoms with Gasteiger partial charge in [-0.25, -0.2) is 0 Å². The van der Waals surface area contributed by atoms with Crippen LogP contribution in [0.25, 0.3) is 0 Å². The highest BCUT2D eigenvalue weighted by Gasteiger charge is 2.00. The number of anilines is 1. The molecule has 3 nitrogen and oxygen atoms in total. The zero-order valence-electron chi connectivity index (χ0n) is 12.0. The Morgan fingerprint density at radius 1 is 1.15 bits per heavy atom. The molecule has 0 aliphatic carbocycles. The molecule has 0 radical (unpaired) electrons. The smallest absolute Gasteiger partial charge is 0.119 e. The van der Waals surface area contributed by atoms with E-state index in [0.29, 0.717) is 6.61 Å². The first-order chi connectivity index (χ1) is 9.69. The van der Waals surface area contributed by atoms with Crippen molar-refractivity contribution in [2.75, 3.05) is 11.9 Å². The Bertz CT molecular complexity index is 576. The van der Waals surface area contributed by atoms with E-state index in [9.17, 15) is 0 Å². The lowest BCUT2D eigenvalue weighted by molar-refractivity contribution is 0.363. The summed E-state index contributed by atoms with van der Waals surface area (Å²) in [5, 5.41) is 3.40. The standard InChI is InChI=1S/C17H20N2O/c1-4-11-20-16-8-6-15(7-9-16)12-18-17-10-5-13(2)19-14(17)3/h4-10,18H,1,11-12H2,2-3H3. The maximum Gasteiger partial charge on any atom is 0.119 e. The topological polar surface area (TPSA) is 34.1 Å². The Hall–Kier alpha value is -2.29. The predicted molar refractivity (Wildman–Crippen MR) is 83.2 cm³/mol. The number of hydrogen-bond acceptors (Lipinski definition) is 3. The highest BCUT2D eigenvalue weighted by Crippen LogP contribution is 2.16. The van der Waals surface area contributed by atoms with E-state index in [1.54, 1.807) is 6.08 Å². The molecule has 3 heteroatoms. The number of nitrogens with one attached hydrogen (secondary N) is 1. The zero-order chi connectivity index (χ0) is 14.4. The van der Waals surface area contributed by atoms with Gasteiger partial charge in [-0.2, -0.15) is 0 Å². The summed E-state index contributed by atoms with van der Waals surface area (Å²) < 4.78 is 5.46. The largest absolute Gasteiger partial charge is 0.490 e. The minimum Gasteiger partial charge on any atom is -0.490 e. The van der Waals surface area contributed by atoms with Crippen LogP contribution in [0.2, 0.25) is 0 Å². The summed E-state index contributed by atoms with van der Waals surface area (Å²) in [7, 11) is 0. The van der Waals surface area contributed by atoms with Crippen molar-refractivity contribution in [1.29, 1.82) is 0 Å². The Balaban J connectivity index is 1.95. The molecule has 0 atom stereocenters. The Kier molecular flexibility index (Phi) is 4.77. The van der Waals surface area contributed by atoms with Gasteiger partial charge in [0.25, 0.3) is 0 Å². The van der Waals surface area contributed by atoms with Crippen molar-refractivity contribution in [2.45, 2.75) is 20.4 Å². The van der Waals surface area contributed by atoms with Crippen LogP contribution in [0.5, 0.6) is 5.75 Å². The molecule has 20 heavy (non-hydrogen) atoms. The second-order valence-corrected chi connectivity index (χ2v) is 4.68.